The molecule has 0 fully saturated rings. The van der Waals surface area contributed by atoms with Gasteiger partial charge in [-0.15, -0.1) is 0 Å². The predicted molar refractivity (Wildman–Crippen MR) is 120 cm³/mol. The Kier molecular flexibility index (Phi) is 5.16. The number of amides is 1. The van der Waals surface area contributed by atoms with Crippen LogP contribution in [0.1, 0.15) is 16.1 Å². The Labute approximate surface area is 190 Å². The molecule has 0 aliphatic rings. The minimum atomic E-state index is -4.86. The van der Waals surface area contributed by atoms with E-state index in [1.165, 1.54) is 24.3 Å². The molecule has 34 heavy (non-hydrogen) atoms. The summed E-state index contributed by atoms with van der Waals surface area (Å²) in [6.45, 7) is 0. The number of anilines is 1. The van der Waals surface area contributed by atoms with Crippen molar-refractivity contribution in [1.82, 2.24) is 14.8 Å². The molecule has 170 valence electrons. The van der Waals surface area contributed by atoms with Crippen LogP contribution in [-0.4, -0.2) is 20.7 Å². The van der Waals surface area contributed by atoms with Crippen molar-refractivity contribution in [3.8, 4) is 16.9 Å². The van der Waals surface area contributed by atoms with E-state index in [9.17, 15) is 22.4 Å². The maximum Gasteiger partial charge on any atom is 0.435 e. The Bertz CT molecular complexity index is 1480. The standard InChI is InChI=1S/C25H16F4N4O/c26-17-8-5-7-15(12-17)18-9-2-4-11-21(18)31-24(34)19-14-33(32-23(19)25(27,28)29)22-13-16-6-1-3-10-20(16)30-22/h1-14,30H,(H,31,34). The molecule has 5 nitrogen and oxygen atoms in total. The molecule has 0 atom stereocenters. The number of hydrogen-bond donors (Lipinski definition) is 2. The molecular formula is C25H16F4N4O. The van der Waals surface area contributed by atoms with Crippen molar-refractivity contribution in [2.24, 2.45) is 0 Å². The van der Waals surface area contributed by atoms with Gasteiger partial charge in [0.15, 0.2) is 5.69 Å². The highest BCUT2D eigenvalue weighted by molar-refractivity contribution is 6.07. The van der Waals surface area contributed by atoms with Gasteiger partial charge in [-0.1, -0.05) is 48.5 Å². The number of alkyl halides is 3. The number of halogens is 4. The van der Waals surface area contributed by atoms with Crippen LogP contribution in [0.2, 0.25) is 0 Å². The Balaban J connectivity index is 1.54. The normalized spacial score (nSPS) is 11.6. The van der Waals surface area contributed by atoms with Crippen molar-refractivity contribution in [2.75, 3.05) is 5.32 Å². The first kappa shape index (κ1) is 21.4. The second-order valence-corrected chi connectivity index (χ2v) is 7.59. The molecule has 0 bridgehead atoms. The summed E-state index contributed by atoms with van der Waals surface area (Å²) in [5, 5.41) is 6.96. The van der Waals surface area contributed by atoms with E-state index in [4.69, 9.17) is 0 Å². The van der Waals surface area contributed by atoms with Crippen molar-refractivity contribution in [2.45, 2.75) is 6.18 Å². The highest BCUT2D eigenvalue weighted by Gasteiger charge is 2.39. The van der Waals surface area contributed by atoms with Gasteiger partial charge in [0.1, 0.15) is 11.6 Å². The lowest BCUT2D eigenvalue weighted by Gasteiger charge is -2.12. The quantitative estimate of drug-likeness (QED) is 0.301. The fourth-order valence-corrected chi connectivity index (χ4v) is 3.74. The van der Waals surface area contributed by atoms with Crippen molar-refractivity contribution in [1.29, 1.82) is 0 Å². The zero-order valence-electron chi connectivity index (χ0n) is 17.4. The molecule has 9 heteroatoms. The van der Waals surface area contributed by atoms with Gasteiger partial charge < -0.3 is 10.3 Å². The first-order chi connectivity index (χ1) is 16.3. The SMILES string of the molecule is O=C(Nc1ccccc1-c1cccc(F)c1)c1cn(-c2cc3ccccc3[nH]2)nc1C(F)(F)F. The maximum atomic E-state index is 13.8. The number of rotatable bonds is 4. The summed E-state index contributed by atoms with van der Waals surface area (Å²) in [5.41, 5.74) is -0.0547. The molecule has 0 saturated carbocycles. The molecule has 0 aliphatic carbocycles. The van der Waals surface area contributed by atoms with E-state index >= 15 is 0 Å². The number of carbonyl (C=O) groups is 1. The van der Waals surface area contributed by atoms with Crippen LogP contribution < -0.4 is 5.32 Å². The Morgan fingerprint density at radius 3 is 2.47 bits per heavy atom. The fourth-order valence-electron chi connectivity index (χ4n) is 3.74. The molecule has 1 amide bonds. The first-order valence-corrected chi connectivity index (χ1v) is 10.2. The Morgan fingerprint density at radius 1 is 0.941 bits per heavy atom. The Hall–Kier alpha value is -4.40. The summed E-state index contributed by atoms with van der Waals surface area (Å²) in [6, 6.07) is 21.0. The molecule has 5 rings (SSSR count). The van der Waals surface area contributed by atoms with Gasteiger partial charge in [0.2, 0.25) is 0 Å². The summed E-state index contributed by atoms with van der Waals surface area (Å²) in [6.07, 6.45) is -3.82. The second-order valence-electron chi connectivity index (χ2n) is 7.59. The number of carbonyl (C=O) groups excluding carboxylic acids is 1. The van der Waals surface area contributed by atoms with E-state index in [1.54, 1.807) is 54.6 Å². The smallest absolute Gasteiger partial charge is 0.340 e. The molecule has 5 aromatic rings. The van der Waals surface area contributed by atoms with Gasteiger partial charge in [0.05, 0.1) is 5.56 Å². The van der Waals surface area contributed by atoms with E-state index in [-0.39, 0.29) is 11.5 Å². The number of aromatic amines is 1. The summed E-state index contributed by atoms with van der Waals surface area (Å²) in [7, 11) is 0. The lowest BCUT2D eigenvalue weighted by molar-refractivity contribution is -0.141. The van der Waals surface area contributed by atoms with Crippen molar-refractivity contribution in [3.05, 3.63) is 102 Å². The van der Waals surface area contributed by atoms with Crippen molar-refractivity contribution in [3.63, 3.8) is 0 Å². The minimum absolute atomic E-state index is 0.240. The average Bonchev–Trinajstić information content (AvgIpc) is 3.44. The summed E-state index contributed by atoms with van der Waals surface area (Å²) >= 11 is 0. The number of para-hydroxylation sites is 2. The zero-order valence-corrected chi connectivity index (χ0v) is 17.4. The van der Waals surface area contributed by atoms with E-state index in [0.717, 1.165) is 21.8 Å². The molecule has 2 aromatic heterocycles. The van der Waals surface area contributed by atoms with Crippen LogP contribution in [0.3, 0.4) is 0 Å². The summed E-state index contributed by atoms with van der Waals surface area (Å²) in [4.78, 5) is 16.0. The van der Waals surface area contributed by atoms with Gasteiger partial charge in [0, 0.05) is 28.4 Å². The molecule has 0 unspecified atom stereocenters. The number of H-pyrrole nitrogens is 1. The lowest BCUT2D eigenvalue weighted by atomic mass is 10.0. The molecule has 3 aromatic carbocycles. The topological polar surface area (TPSA) is 62.7 Å². The number of aromatic nitrogens is 3. The number of fused-ring (bicyclic) bond motifs is 1. The van der Waals surface area contributed by atoms with Gasteiger partial charge in [-0.3, -0.25) is 4.79 Å². The molecule has 0 aliphatic heterocycles. The van der Waals surface area contributed by atoms with Gasteiger partial charge in [-0.2, -0.15) is 18.3 Å². The van der Waals surface area contributed by atoms with E-state index in [2.05, 4.69) is 15.4 Å². The van der Waals surface area contributed by atoms with Crippen molar-refractivity contribution < 1.29 is 22.4 Å². The molecule has 2 N–H and O–H groups in total. The van der Waals surface area contributed by atoms with Gasteiger partial charge in [-0.05, 0) is 35.9 Å². The third-order valence-electron chi connectivity index (χ3n) is 5.30. The Morgan fingerprint density at radius 2 is 1.71 bits per heavy atom. The monoisotopic (exact) mass is 464 g/mol. The van der Waals surface area contributed by atoms with E-state index in [1.807, 2.05) is 0 Å². The van der Waals surface area contributed by atoms with Crippen LogP contribution in [0.5, 0.6) is 0 Å². The van der Waals surface area contributed by atoms with Crippen LogP contribution in [-0.2, 0) is 6.18 Å². The second kappa shape index (κ2) is 8.18. The number of nitrogens with one attached hydrogen (secondary N) is 2. The van der Waals surface area contributed by atoms with Gasteiger partial charge in [-0.25, -0.2) is 9.07 Å². The largest absolute Gasteiger partial charge is 0.435 e. The average molecular weight is 464 g/mol. The maximum absolute atomic E-state index is 13.8. The fraction of sp³-hybridized carbons (Fsp3) is 0.0400. The molecular weight excluding hydrogens is 448 g/mol. The van der Waals surface area contributed by atoms with Crippen LogP contribution in [0, 0.1) is 5.82 Å². The first-order valence-electron chi connectivity index (χ1n) is 10.2. The van der Waals surface area contributed by atoms with Crippen LogP contribution in [0.4, 0.5) is 23.2 Å². The van der Waals surface area contributed by atoms with Gasteiger partial charge >= 0.3 is 6.18 Å². The highest BCUT2D eigenvalue weighted by atomic mass is 19.4. The molecule has 0 radical (unpaired) electrons. The molecule has 0 saturated heterocycles. The predicted octanol–water partition coefficient (Wildman–Crippen LogP) is 6.43. The highest BCUT2D eigenvalue weighted by Crippen LogP contribution is 2.33. The number of nitrogens with zero attached hydrogens (tertiary/aromatic N) is 2. The number of benzene rings is 3. The van der Waals surface area contributed by atoms with E-state index < -0.39 is 29.2 Å². The molecule has 0 spiro atoms. The zero-order chi connectivity index (χ0) is 23.9. The van der Waals surface area contributed by atoms with Crippen molar-refractivity contribution >= 4 is 22.5 Å². The van der Waals surface area contributed by atoms with Crippen LogP contribution in [0.15, 0.2) is 85.1 Å². The number of hydrogen-bond acceptors (Lipinski definition) is 2. The summed E-state index contributed by atoms with van der Waals surface area (Å²) < 4.78 is 56.0. The third kappa shape index (κ3) is 4.03. The van der Waals surface area contributed by atoms with Crippen LogP contribution >= 0.6 is 0 Å². The van der Waals surface area contributed by atoms with Gasteiger partial charge in [0.25, 0.3) is 5.91 Å². The van der Waals surface area contributed by atoms with E-state index in [0.29, 0.717) is 11.1 Å². The van der Waals surface area contributed by atoms with Crippen LogP contribution in [0.25, 0.3) is 27.8 Å². The molecule has 2 heterocycles. The minimum Gasteiger partial charge on any atom is -0.340 e. The summed E-state index contributed by atoms with van der Waals surface area (Å²) in [5.74, 6) is -1.18. The third-order valence-corrected chi connectivity index (χ3v) is 5.30. The lowest BCUT2D eigenvalue weighted by Crippen LogP contribution is -2.18.